The van der Waals surface area contributed by atoms with Crippen molar-refractivity contribution in [3.63, 3.8) is 0 Å². The van der Waals surface area contributed by atoms with E-state index in [4.69, 9.17) is 9.47 Å². The molecule has 5 rings (SSSR count). The second-order valence-corrected chi connectivity index (χ2v) is 7.72. The lowest BCUT2D eigenvalue weighted by molar-refractivity contribution is -0.0142. The molecule has 0 N–H and O–H groups in total. The molecule has 0 bridgehead atoms. The SMILES string of the molecule is CC(=O)n1c2c(c3ccccc31)OC(C)(C)C1COc3ccccc3C21. The van der Waals surface area contributed by atoms with Crippen LogP contribution in [0.2, 0.25) is 0 Å². The zero-order chi connectivity index (χ0) is 18.1. The number of hydrogen-bond acceptors (Lipinski definition) is 3. The van der Waals surface area contributed by atoms with Crippen LogP contribution in [0.15, 0.2) is 48.5 Å². The fraction of sp³-hybridized carbons (Fsp3) is 0.318. The standard InChI is InChI=1S/C22H21NO3/c1-13(24)23-17-10-6-4-8-14(17)21-20(23)19-15-9-5-7-11-18(15)25-12-16(19)22(2,3)26-21/h4-11,16,19H,12H2,1-3H3. The van der Waals surface area contributed by atoms with E-state index in [1.165, 1.54) is 0 Å². The van der Waals surface area contributed by atoms with Crippen molar-refractivity contribution < 1.29 is 14.3 Å². The monoisotopic (exact) mass is 347 g/mol. The quantitative estimate of drug-likeness (QED) is 0.596. The number of ether oxygens (including phenoxy) is 2. The van der Waals surface area contributed by atoms with Crippen LogP contribution in [0, 0.1) is 5.92 Å². The van der Waals surface area contributed by atoms with E-state index in [0.717, 1.165) is 33.7 Å². The maximum absolute atomic E-state index is 12.6. The van der Waals surface area contributed by atoms with Crippen molar-refractivity contribution in [3.05, 3.63) is 59.8 Å². The van der Waals surface area contributed by atoms with Crippen molar-refractivity contribution in [2.24, 2.45) is 5.92 Å². The molecule has 0 spiro atoms. The van der Waals surface area contributed by atoms with Gasteiger partial charge in [0, 0.05) is 29.7 Å². The first kappa shape index (κ1) is 15.5. The summed E-state index contributed by atoms with van der Waals surface area (Å²) in [5.74, 6) is 1.94. The fourth-order valence-corrected chi connectivity index (χ4v) is 4.60. The summed E-state index contributed by atoms with van der Waals surface area (Å²) in [6.45, 7) is 6.43. The third-order valence-corrected chi connectivity index (χ3v) is 5.81. The molecule has 3 aromatic rings. The summed E-state index contributed by atoms with van der Waals surface area (Å²) >= 11 is 0. The first-order valence-corrected chi connectivity index (χ1v) is 9.04. The molecule has 132 valence electrons. The molecular formula is C22H21NO3. The molecule has 2 aliphatic rings. The van der Waals surface area contributed by atoms with E-state index < -0.39 is 5.60 Å². The summed E-state index contributed by atoms with van der Waals surface area (Å²) < 4.78 is 14.4. The van der Waals surface area contributed by atoms with E-state index in [1.807, 2.05) is 47.0 Å². The summed E-state index contributed by atoms with van der Waals surface area (Å²) in [6, 6.07) is 16.1. The molecule has 4 nitrogen and oxygen atoms in total. The molecule has 2 aliphatic heterocycles. The van der Waals surface area contributed by atoms with Crippen LogP contribution in [0.5, 0.6) is 11.5 Å². The Bertz CT molecular complexity index is 1050. The first-order valence-electron chi connectivity index (χ1n) is 9.04. The zero-order valence-electron chi connectivity index (χ0n) is 15.2. The van der Waals surface area contributed by atoms with Gasteiger partial charge in [-0.1, -0.05) is 30.3 Å². The van der Waals surface area contributed by atoms with Gasteiger partial charge in [-0.05, 0) is 32.0 Å². The Balaban J connectivity index is 1.90. The molecule has 4 heteroatoms. The third-order valence-electron chi connectivity index (χ3n) is 5.81. The minimum absolute atomic E-state index is 0.00785. The highest BCUT2D eigenvalue weighted by Gasteiger charge is 2.50. The van der Waals surface area contributed by atoms with Crippen LogP contribution in [-0.4, -0.2) is 22.7 Å². The number of fused-ring (bicyclic) bond motifs is 7. The zero-order valence-corrected chi connectivity index (χ0v) is 15.2. The first-order chi connectivity index (χ1) is 12.5. The molecule has 0 radical (unpaired) electrons. The van der Waals surface area contributed by atoms with E-state index in [0.29, 0.717) is 6.61 Å². The number of benzene rings is 2. The van der Waals surface area contributed by atoms with E-state index >= 15 is 0 Å². The fourth-order valence-electron chi connectivity index (χ4n) is 4.60. The van der Waals surface area contributed by atoms with Crippen LogP contribution in [0.3, 0.4) is 0 Å². The van der Waals surface area contributed by atoms with Crippen molar-refractivity contribution in [2.75, 3.05) is 6.61 Å². The number of nitrogens with zero attached hydrogens (tertiary/aromatic N) is 1. The van der Waals surface area contributed by atoms with Crippen LogP contribution >= 0.6 is 0 Å². The summed E-state index contributed by atoms with van der Waals surface area (Å²) in [4.78, 5) is 12.6. The second kappa shape index (κ2) is 5.13. The van der Waals surface area contributed by atoms with Gasteiger partial charge in [-0.25, -0.2) is 0 Å². The molecule has 3 heterocycles. The van der Waals surface area contributed by atoms with Crippen molar-refractivity contribution in [1.82, 2.24) is 4.57 Å². The molecule has 2 atom stereocenters. The van der Waals surface area contributed by atoms with Crippen molar-refractivity contribution in [1.29, 1.82) is 0 Å². The van der Waals surface area contributed by atoms with Crippen molar-refractivity contribution in [3.8, 4) is 11.5 Å². The summed E-state index contributed by atoms with van der Waals surface area (Å²) in [7, 11) is 0. The number of rotatable bonds is 0. The summed E-state index contributed by atoms with van der Waals surface area (Å²) in [6.07, 6.45) is 0. The summed E-state index contributed by atoms with van der Waals surface area (Å²) in [5.41, 5.74) is 2.60. The van der Waals surface area contributed by atoms with Gasteiger partial charge in [0.05, 0.1) is 17.8 Å². The molecule has 0 aliphatic carbocycles. The van der Waals surface area contributed by atoms with Crippen LogP contribution in [0.25, 0.3) is 10.9 Å². The Morgan fingerprint density at radius 3 is 2.65 bits per heavy atom. The van der Waals surface area contributed by atoms with Crippen molar-refractivity contribution in [2.45, 2.75) is 32.3 Å². The Morgan fingerprint density at radius 2 is 1.85 bits per heavy atom. The molecule has 0 saturated carbocycles. The van der Waals surface area contributed by atoms with Crippen molar-refractivity contribution >= 4 is 16.8 Å². The topological polar surface area (TPSA) is 40.5 Å². The van der Waals surface area contributed by atoms with Gasteiger partial charge in [0.25, 0.3) is 0 Å². The van der Waals surface area contributed by atoms with Gasteiger partial charge in [0.15, 0.2) is 0 Å². The van der Waals surface area contributed by atoms with Crippen LogP contribution in [-0.2, 0) is 0 Å². The van der Waals surface area contributed by atoms with Gasteiger partial charge in [0.1, 0.15) is 17.1 Å². The average Bonchev–Trinajstić information content (AvgIpc) is 2.95. The van der Waals surface area contributed by atoms with Gasteiger partial charge in [0.2, 0.25) is 5.91 Å². The minimum Gasteiger partial charge on any atom is -0.493 e. The predicted molar refractivity (Wildman–Crippen MR) is 100 cm³/mol. The largest absolute Gasteiger partial charge is 0.493 e. The second-order valence-electron chi connectivity index (χ2n) is 7.72. The molecule has 1 aromatic heterocycles. The Hall–Kier alpha value is -2.75. The average molecular weight is 347 g/mol. The Kier molecular flexibility index (Phi) is 3.06. The van der Waals surface area contributed by atoms with E-state index in [1.54, 1.807) is 6.92 Å². The highest BCUT2D eigenvalue weighted by atomic mass is 16.5. The Labute approximate surface area is 152 Å². The van der Waals surface area contributed by atoms with Crippen LogP contribution in [0.4, 0.5) is 0 Å². The molecule has 0 saturated heterocycles. The molecule has 2 aromatic carbocycles. The lowest BCUT2D eigenvalue weighted by Gasteiger charge is -2.46. The lowest BCUT2D eigenvalue weighted by Crippen LogP contribution is -2.49. The van der Waals surface area contributed by atoms with Crippen LogP contribution < -0.4 is 9.47 Å². The van der Waals surface area contributed by atoms with E-state index in [9.17, 15) is 4.79 Å². The van der Waals surface area contributed by atoms with Crippen LogP contribution in [0.1, 0.15) is 42.7 Å². The minimum atomic E-state index is -0.392. The number of hydrogen-bond donors (Lipinski definition) is 0. The van der Waals surface area contributed by atoms with Gasteiger partial charge in [-0.3, -0.25) is 9.36 Å². The predicted octanol–water partition coefficient (Wildman–Crippen LogP) is 4.61. The van der Waals surface area contributed by atoms with Gasteiger partial charge < -0.3 is 9.47 Å². The number of carbonyl (C=O) groups excluding carboxylic acids is 1. The third kappa shape index (κ3) is 1.93. The molecule has 0 fully saturated rings. The maximum atomic E-state index is 12.6. The van der Waals surface area contributed by atoms with E-state index in [2.05, 4.69) is 19.9 Å². The van der Waals surface area contributed by atoms with E-state index in [-0.39, 0.29) is 17.7 Å². The molecule has 26 heavy (non-hydrogen) atoms. The smallest absolute Gasteiger partial charge is 0.228 e. The molecule has 0 amide bonds. The number of carbonyl (C=O) groups is 1. The Morgan fingerprint density at radius 1 is 1.12 bits per heavy atom. The normalized spacial score (nSPS) is 22.6. The van der Waals surface area contributed by atoms with Gasteiger partial charge >= 0.3 is 0 Å². The highest BCUT2D eigenvalue weighted by Crippen LogP contribution is 2.55. The molecule has 2 unspecified atom stereocenters. The number of para-hydroxylation sites is 2. The molecular weight excluding hydrogens is 326 g/mol. The lowest BCUT2D eigenvalue weighted by atomic mass is 9.71. The van der Waals surface area contributed by atoms with Gasteiger partial charge in [-0.2, -0.15) is 0 Å². The maximum Gasteiger partial charge on any atom is 0.228 e. The highest BCUT2D eigenvalue weighted by molar-refractivity contribution is 5.98. The summed E-state index contributed by atoms with van der Waals surface area (Å²) in [5, 5.41) is 0.994. The number of aromatic nitrogens is 1. The van der Waals surface area contributed by atoms with Gasteiger partial charge in [-0.15, -0.1) is 0 Å².